The molecule has 0 bridgehead atoms. The van der Waals surface area contributed by atoms with Gasteiger partial charge in [-0.1, -0.05) is 60.7 Å². The van der Waals surface area contributed by atoms with Gasteiger partial charge in [0, 0.05) is 69.3 Å². The molecular weight excluding hydrogens is 809 g/mol. The lowest BCUT2D eigenvalue weighted by Crippen LogP contribution is -1.99. The molecule has 0 saturated carbocycles. The lowest BCUT2D eigenvalue weighted by molar-refractivity contribution is -0.385. The lowest BCUT2D eigenvalue weighted by atomic mass is 10.1. The Morgan fingerprint density at radius 3 is 1.27 bits per heavy atom. The summed E-state index contributed by atoms with van der Waals surface area (Å²) in [5.41, 5.74) is 6.12. The van der Waals surface area contributed by atoms with E-state index in [9.17, 15) is 20.2 Å². The van der Waals surface area contributed by atoms with Crippen molar-refractivity contribution >= 4 is 55.0 Å². The monoisotopic (exact) mass is 838 g/mol. The SMILES string of the molecule is O=[N+]([O-])c1ccnc(-n2c3ccccc3c3ccc(Oc4cccc(-c5cnc(-c6cccc(Oc7ccc8c9ccccc9n(-c9cc([N+](=O)[O-])ccn9)c8c7)c6)cn5)c4)cc32)c1. The van der Waals surface area contributed by atoms with Gasteiger partial charge in [0.25, 0.3) is 11.4 Å². The third kappa shape index (κ3) is 6.73. The second kappa shape index (κ2) is 15.3. The Morgan fingerprint density at radius 2 is 0.828 bits per heavy atom. The van der Waals surface area contributed by atoms with E-state index in [1.54, 1.807) is 12.4 Å². The van der Waals surface area contributed by atoms with Crippen LogP contribution in [0.2, 0.25) is 0 Å². The summed E-state index contributed by atoms with van der Waals surface area (Å²) in [5.74, 6) is 3.18. The van der Waals surface area contributed by atoms with E-state index >= 15 is 0 Å². The van der Waals surface area contributed by atoms with E-state index in [4.69, 9.17) is 19.4 Å². The number of rotatable bonds is 10. The van der Waals surface area contributed by atoms with Crippen molar-refractivity contribution in [1.29, 1.82) is 0 Å². The van der Waals surface area contributed by atoms with Gasteiger partial charge in [-0.25, -0.2) is 9.97 Å². The summed E-state index contributed by atoms with van der Waals surface area (Å²) in [7, 11) is 0. The van der Waals surface area contributed by atoms with Crippen molar-refractivity contribution in [3.8, 4) is 57.1 Å². The van der Waals surface area contributed by atoms with Gasteiger partial charge in [-0.15, -0.1) is 0 Å². The van der Waals surface area contributed by atoms with Crippen LogP contribution in [0.4, 0.5) is 11.4 Å². The zero-order chi connectivity index (χ0) is 43.3. The number of ether oxygens (including phenoxy) is 2. The molecule has 11 rings (SSSR count). The minimum Gasteiger partial charge on any atom is -0.457 e. The van der Waals surface area contributed by atoms with Crippen molar-refractivity contribution < 1.29 is 19.3 Å². The Hall–Kier alpha value is -9.30. The molecule has 14 nitrogen and oxygen atoms in total. The Kier molecular flexibility index (Phi) is 9.01. The fourth-order valence-electron chi connectivity index (χ4n) is 8.14. The quantitative estimate of drug-likeness (QED) is 0.0955. The second-order valence-corrected chi connectivity index (χ2v) is 14.9. The third-order valence-electron chi connectivity index (χ3n) is 11.0. The highest BCUT2D eigenvalue weighted by atomic mass is 16.6. The smallest absolute Gasteiger partial charge is 0.274 e. The zero-order valence-corrected chi connectivity index (χ0v) is 33.3. The number of hydrogen-bond acceptors (Lipinski definition) is 10. The molecule has 14 heteroatoms. The number of hydrogen-bond donors (Lipinski definition) is 0. The van der Waals surface area contributed by atoms with Crippen LogP contribution in [0.1, 0.15) is 0 Å². The van der Waals surface area contributed by atoms with Gasteiger partial charge in [-0.3, -0.25) is 39.3 Å². The van der Waals surface area contributed by atoms with Gasteiger partial charge >= 0.3 is 0 Å². The van der Waals surface area contributed by atoms with E-state index in [-0.39, 0.29) is 11.4 Å². The summed E-state index contributed by atoms with van der Waals surface area (Å²) >= 11 is 0. The zero-order valence-electron chi connectivity index (χ0n) is 33.3. The molecule has 0 unspecified atom stereocenters. The van der Waals surface area contributed by atoms with Gasteiger partial charge in [0.05, 0.1) is 67.8 Å². The first-order valence-corrected chi connectivity index (χ1v) is 20.0. The number of aromatic nitrogens is 6. The average molecular weight is 839 g/mol. The van der Waals surface area contributed by atoms with Crippen molar-refractivity contribution in [2.24, 2.45) is 0 Å². The molecule has 0 fully saturated rings. The summed E-state index contributed by atoms with van der Waals surface area (Å²) in [6, 6.07) is 48.1. The minimum atomic E-state index is -0.429. The highest BCUT2D eigenvalue weighted by Gasteiger charge is 2.19. The van der Waals surface area contributed by atoms with E-state index < -0.39 is 9.85 Å². The van der Waals surface area contributed by atoms with E-state index in [0.29, 0.717) is 46.0 Å². The van der Waals surface area contributed by atoms with Crippen LogP contribution in [0, 0.1) is 20.2 Å². The molecule has 64 heavy (non-hydrogen) atoms. The molecule has 0 aliphatic rings. The van der Waals surface area contributed by atoms with Crippen LogP contribution >= 0.6 is 0 Å². The lowest BCUT2D eigenvalue weighted by Gasteiger charge is -2.11. The topological polar surface area (TPSA) is 166 Å². The molecule has 6 aromatic carbocycles. The summed E-state index contributed by atoms with van der Waals surface area (Å²) in [6.45, 7) is 0. The number of nitrogens with zero attached hydrogens (tertiary/aromatic N) is 8. The summed E-state index contributed by atoms with van der Waals surface area (Å²) in [4.78, 5) is 40.9. The molecule has 0 atom stereocenters. The Balaban J connectivity index is 0.850. The van der Waals surface area contributed by atoms with Crippen molar-refractivity contribution in [2.45, 2.75) is 0 Å². The van der Waals surface area contributed by atoms with Gasteiger partial charge in [0.1, 0.15) is 34.6 Å². The predicted octanol–water partition coefficient (Wildman–Crippen LogP) is 12.2. The van der Waals surface area contributed by atoms with Crippen molar-refractivity contribution in [1.82, 2.24) is 29.1 Å². The maximum absolute atomic E-state index is 11.6. The van der Waals surface area contributed by atoms with Gasteiger partial charge in [-0.05, 0) is 60.7 Å². The highest BCUT2D eigenvalue weighted by Crippen LogP contribution is 2.38. The van der Waals surface area contributed by atoms with Crippen LogP contribution in [0.5, 0.6) is 23.0 Å². The minimum absolute atomic E-state index is 0.0497. The fraction of sp³-hybridized carbons (Fsp3) is 0. The van der Waals surface area contributed by atoms with Crippen LogP contribution in [0.15, 0.2) is 183 Å². The Morgan fingerprint density at radius 1 is 0.406 bits per heavy atom. The first kappa shape index (κ1) is 37.7. The molecule has 5 aromatic heterocycles. The van der Waals surface area contributed by atoms with Crippen LogP contribution in [-0.4, -0.2) is 38.9 Å². The number of nitro groups is 2. The first-order valence-electron chi connectivity index (χ1n) is 20.0. The van der Waals surface area contributed by atoms with Crippen molar-refractivity contribution in [3.05, 3.63) is 203 Å². The maximum atomic E-state index is 11.6. The van der Waals surface area contributed by atoms with Crippen LogP contribution in [0.25, 0.3) is 77.8 Å². The average Bonchev–Trinajstić information content (AvgIpc) is 3.84. The predicted molar refractivity (Wildman–Crippen MR) is 244 cm³/mol. The fourth-order valence-corrected chi connectivity index (χ4v) is 8.14. The molecule has 5 heterocycles. The Bertz CT molecular complexity index is 3420. The number of fused-ring (bicyclic) bond motifs is 6. The molecule has 0 aliphatic heterocycles. The normalized spacial score (nSPS) is 11.4. The second-order valence-electron chi connectivity index (χ2n) is 14.9. The maximum Gasteiger partial charge on any atom is 0.274 e. The molecule has 306 valence electrons. The number of pyridine rings is 2. The van der Waals surface area contributed by atoms with E-state index in [0.717, 1.165) is 54.7 Å². The molecule has 0 N–H and O–H groups in total. The van der Waals surface area contributed by atoms with Crippen molar-refractivity contribution in [2.75, 3.05) is 0 Å². The molecule has 0 spiro atoms. The molecule has 0 radical (unpaired) electrons. The number of benzene rings is 6. The highest BCUT2D eigenvalue weighted by molar-refractivity contribution is 6.10. The third-order valence-corrected chi connectivity index (χ3v) is 11.0. The summed E-state index contributed by atoms with van der Waals surface area (Å²) < 4.78 is 16.6. The van der Waals surface area contributed by atoms with E-state index in [1.807, 2.05) is 143 Å². The summed E-state index contributed by atoms with van der Waals surface area (Å²) in [6.07, 6.45) is 6.31. The van der Waals surface area contributed by atoms with Crippen LogP contribution in [-0.2, 0) is 0 Å². The standard InChI is InChI=1S/C50H30N8O6/c59-57(60)33-19-21-51-49(25-33)55-45-13-3-1-11-39(45)41-17-15-37(27-47(41)55)63-35-9-5-7-31(23-35)43-29-54-44(30-53-43)32-8-6-10-36(24-32)64-38-16-18-42-40-12-2-4-14-46(40)56(48(42)28-38)50-26-34(58(61)62)20-22-52-50/h1-30H. The molecule has 0 aliphatic carbocycles. The number of para-hydroxylation sites is 2. The molecule has 0 saturated heterocycles. The van der Waals surface area contributed by atoms with Crippen LogP contribution < -0.4 is 9.47 Å². The van der Waals surface area contributed by atoms with Crippen LogP contribution in [0.3, 0.4) is 0 Å². The molecule has 11 aromatic rings. The van der Waals surface area contributed by atoms with Gasteiger partial charge in [-0.2, -0.15) is 0 Å². The van der Waals surface area contributed by atoms with Gasteiger partial charge in [0.15, 0.2) is 0 Å². The van der Waals surface area contributed by atoms with Gasteiger partial charge < -0.3 is 9.47 Å². The van der Waals surface area contributed by atoms with E-state index in [1.165, 1.54) is 36.7 Å². The molecule has 0 amide bonds. The molecular formula is C50H30N8O6. The first-order chi connectivity index (χ1) is 31.3. The van der Waals surface area contributed by atoms with E-state index in [2.05, 4.69) is 9.97 Å². The largest absolute Gasteiger partial charge is 0.457 e. The van der Waals surface area contributed by atoms with Crippen molar-refractivity contribution in [3.63, 3.8) is 0 Å². The van der Waals surface area contributed by atoms with Gasteiger partial charge in [0.2, 0.25) is 0 Å². The summed E-state index contributed by atoms with van der Waals surface area (Å²) in [5, 5.41) is 27.1. The Labute approximate surface area is 362 Å².